The van der Waals surface area contributed by atoms with Gasteiger partial charge in [0.15, 0.2) is 0 Å². The number of hydrogen-bond donors (Lipinski definition) is 3. The molecule has 1 heterocycles. The molecule has 0 radical (unpaired) electrons. The zero-order valence-corrected chi connectivity index (χ0v) is 11.2. The second kappa shape index (κ2) is 4.90. The van der Waals surface area contributed by atoms with E-state index >= 15 is 0 Å². The number of anilines is 2. The van der Waals surface area contributed by atoms with Crippen LogP contribution in [0.3, 0.4) is 0 Å². The summed E-state index contributed by atoms with van der Waals surface area (Å²) in [5, 5.41) is 12.3. The van der Waals surface area contributed by atoms with Crippen LogP contribution in [0.2, 0.25) is 0 Å². The fourth-order valence-electron chi connectivity index (χ4n) is 1.61. The van der Waals surface area contributed by atoms with Gasteiger partial charge < -0.3 is 11.1 Å². The summed E-state index contributed by atoms with van der Waals surface area (Å²) in [5.41, 5.74) is 7.56. The summed E-state index contributed by atoms with van der Waals surface area (Å²) in [6, 6.07) is 6.14. The Labute approximate surface area is 111 Å². The van der Waals surface area contributed by atoms with E-state index in [-0.39, 0.29) is 4.90 Å². The highest BCUT2D eigenvalue weighted by molar-refractivity contribution is 7.89. The molecule has 2 aromatic rings. The van der Waals surface area contributed by atoms with E-state index in [9.17, 15) is 8.42 Å². The zero-order valence-electron chi connectivity index (χ0n) is 10.4. The molecule has 0 unspecified atom stereocenters. The molecule has 0 amide bonds. The van der Waals surface area contributed by atoms with E-state index < -0.39 is 10.0 Å². The minimum atomic E-state index is -3.74. The van der Waals surface area contributed by atoms with Crippen LogP contribution in [0, 0.1) is 0 Å². The van der Waals surface area contributed by atoms with Gasteiger partial charge in [-0.2, -0.15) is 5.10 Å². The van der Waals surface area contributed by atoms with Gasteiger partial charge in [0, 0.05) is 13.2 Å². The summed E-state index contributed by atoms with van der Waals surface area (Å²) in [5.74, 6) is 0. The van der Waals surface area contributed by atoms with Crippen molar-refractivity contribution in [3.63, 3.8) is 0 Å². The molecule has 1 aromatic heterocycles. The highest BCUT2D eigenvalue weighted by Crippen LogP contribution is 2.22. The van der Waals surface area contributed by atoms with Crippen molar-refractivity contribution in [2.45, 2.75) is 11.4 Å². The summed E-state index contributed by atoms with van der Waals surface area (Å²) < 4.78 is 24.2. The quantitative estimate of drug-likeness (QED) is 0.695. The van der Waals surface area contributed by atoms with Gasteiger partial charge in [0.25, 0.3) is 0 Å². The predicted molar refractivity (Wildman–Crippen MR) is 72.8 cm³/mol. The molecule has 0 saturated carbocycles. The fraction of sp³-hybridized carbons (Fsp3) is 0.182. The van der Waals surface area contributed by atoms with E-state index in [1.54, 1.807) is 4.68 Å². The lowest BCUT2D eigenvalue weighted by Gasteiger charge is -2.09. The van der Waals surface area contributed by atoms with Crippen molar-refractivity contribution in [2.24, 2.45) is 12.2 Å². The highest BCUT2D eigenvalue weighted by atomic mass is 32.2. The van der Waals surface area contributed by atoms with Gasteiger partial charge in [-0.1, -0.05) is 0 Å². The first-order valence-corrected chi connectivity index (χ1v) is 7.05. The molecule has 0 fully saturated rings. The van der Waals surface area contributed by atoms with Crippen molar-refractivity contribution in [3.8, 4) is 0 Å². The Morgan fingerprint density at radius 1 is 1.37 bits per heavy atom. The van der Waals surface area contributed by atoms with Crippen LogP contribution in [-0.2, 0) is 23.6 Å². The maximum atomic E-state index is 11.3. The van der Waals surface area contributed by atoms with Crippen LogP contribution in [0.5, 0.6) is 0 Å². The van der Waals surface area contributed by atoms with Crippen molar-refractivity contribution in [3.05, 3.63) is 36.2 Å². The Bertz CT molecular complexity index is 693. The third kappa shape index (κ3) is 3.24. The minimum Gasteiger partial charge on any atom is -0.397 e. The number of aryl methyl sites for hydroxylation is 1. The number of hydrogen-bond acceptors (Lipinski definition) is 5. The molecule has 7 nitrogen and oxygen atoms in total. The van der Waals surface area contributed by atoms with Crippen LogP contribution >= 0.6 is 0 Å². The Kier molecular flexibility index (Phi) is 3.45. The van der Waals surface area contributed by atoms with Gasteiger partial charge in [0.05, 0.1) is 28.5 Å². The van der Waals surface area contributed by atoms with E-state index in [4.69, 9.17) is 10.9 Å². The number of nitrogen functional groups attached to an aromatic ring is 1. The maximum Gasteiger partial charge on any atom is 0.238 e. The van der Waals surface area contributed by atoms with E-state index in [2.05, 4.69) is 10.4 Å². The fourth-order valence-corrected chi connectivity index (χ4v) is 2.15. The topological polar surface area (TPSA) is 116 Å². The Morgan fingerprint density at radius 3 is 2.68 bits per heavy atom. The van der Waals surface area contributed by atoms with E-state index in [0.717, 1.165) is 5.69 Å². The Balaban J connectivity index is 2.20. The third-order valence-electron chi connectivity index (χ3n) is 2.58. The third-order valence-corrected chi connectivity index (χ3v) is 3.49. The standard InChI is InChI=1S/C11H15N5O2S/c1-16-5-4-8(15-16)7-14-11-6-9(19(13,17)18)2-3-10(11)12/h2-6,14H,7,12H2,1H3,(H2,13,17,18). The maximum absolute atomic E-state index is 11.3. The molecule has 102 valence electrons. The van der Waals surface area contributed by atoms with Gasteiger partial charge in [-0.05, 0) is 24.3 Å². The van der Waals surface area contributed by atoms with E-state index in [0.29, 0.717) is 17.9 Å². The van der Waals surface area contributed by atoms with Crippen LogP contribution in [0.4, 0.5) is 11.4 Å². The second-order valence-corrected chi connectivity index (χ2v) is 5.69. The molecule has 0 atom stereocenters. The monoisotopic (exact) mass is 281 g/mol. The van der Waals surface area contributed by atoms with Crippen molar-refractivity contribution >= 4 is 21.4 Å². The molecule has 0 aliphatic heterocycles. The molecule has 1 aromatic carbocycles. The largest absolute Gasteiger partial charge is 0.397 e. The van der Waals surface area contributed by atoms with Crippen LogP contribution in [0.25, 0.3) is 0 Å². The second-order valence-electron chi connectivity index (χ2n) is 4.13. The molecule has 19 heavy (non-hydrogen) atoms. The number of nitrogens with one attached hydrogen (secondary N) is 1. The lowest BCUT2D eigenvalue weighted by molar-refractivity contribution is 0.598. The highest BCUT2D eigenvalue weighted by Gasteiger charge is 2.10. The van der Waals surface area contributed by atoms with Crippen LogP contribution in [-0.4, -0.2) is 18.2 Å². The van der Waals surface area contributed by atoms with E-state index in [1.165, 1.54) is 18.2 Å². The summed E-state index contributed by atoms with van der Waals surface area (Å²) in [6.45, 7) is 0.444. The number of aromatic nitrogens is 2. The smallest absolute Gasteiger partial charge is 0.238 e. The summed E-state index contributed by atoms with van der Waals surface area (Å²) in [4.78, 5) is 0.0187. The molecule has 2 rings (SSSR count). The Hall–Kier alpha value is -2.06. The number of sulfonamides is 1. The van der Waals surface area contributed by atoms with Crippen molar-refractivity contribution in [1.82, 2.24) is 9.78 Å². The average Bonchev–Trinajstić information content (AvgIpc) is 2.72. The molecule has 0 saturated heterocycles. The van der Waals surface area contributed by atoms with Crippen molar-refractivity contribution < 1.29 is 8.42 Å². The molecular formula is C11H15N5O2S. The Morgan fingerprint density at radius 2 is 2.11 bits per heavy atom. The number of nitrogens with zero attached hydrogens (tertiary/aromatic N) is 2. The predicted octanol–water partition coefficient (Wildman–Crippen LogP) is 0.262. The number of rotatable bonds is 4. The summed E-state index contributed by atoms with van der Waals surface area (Å²) >= 11 is 0. The minimum absolute atomic E-state index is 0.0187. The molecule has 0 bridgehead atoms. The van der Waals surface area contributed by atoms with Gasteiger partial charge in [0.2, 0.25) is 10.0 Å². The summed E-state index contributed by atoms with van der Waals surface area (Å²) in [7, 11) is -1.92. The molecule has 0 aliphatic rings. The van der Waals surface area contributed by atoms with Gasteiger partial charge in [-0.25, -0.2) is 13.6 Å². The van der Waals surface area contributed by atoms with E-state index in [1.807, 2.05) is 19.3 Å². The van der Waals surface area contributed by atoms with Gasteiger partial charge >= 0.3 is 0 Å². The van der Waals surface area contributed by atoms with Crippen LogP contribution in [0.15, 0.2) is 35.4 Å². The van der Waals surface area contributed by atoms with Crippen molar-refractivity contribution in [2.75, 3.05) is 11.1 Å². The summed E-state index contributed by atoms with van der Waals surface area (Å²) in [6.07, 6.45) is 1.82. The van der Waals surface area contributed by atoms with Crippen molar-refractivity contribution in [1.29, 1.82) is 0 Å². The molecule has 0 aliphatic carbocycles. The number of benzene rings is 1. The number of nitrogens with two attached hydrogens (primary N) is 2. The first-order valence-electron chi connectivity index (χ1n) is 5.51. The van der Waals surface area contributed by atoms with Gasteiger partial charge in [-0.15, -0.1) is 0 Å². The normalized spacial score (nSPS) is 11.5. The molecule has 5 N–H and O–H groups in total. The molecule has 0 spiro atoms. The first-order chi connectivity index (χ1) is 8.86. The SMILES string of the molecule is Cn1ccc(CNc2cc(S(N)(=O)=O)ccc2N)n1. The number of primary sulfonamides is 1. The van der Waals surface area contributed by atoms with Gasteiger partial charge in [-0.3, -0.25) is 4.68 Å². The first kappa shape index (κ1) is 13.4. The molecule has 8 heteroatoms. The lowest BCUT2D eigenvalue weighted by atomic mass is 10.2. The average molecular weight is 281 g/mol. The van der Waals surface area contributed by atoms with Crippen LogP contribution < -0.4 is 16.2 Å². The zero-order chi connectivity index (χ0) is 14.0. The van der Waals surface area contributed by atoms with Crippen LogP contribution in [0.1, 0.15) is 5.69 Å². The molecular weight excluding hydrogens is 266 g/mol. The van der Waals surface area contributed by atoms with Gasteiger partial charge in [0.1, 0.15) is 0 Å². The lowest BCUT2D eigenvalue weighted by Crippen LogP contribution is -2.13.